The summed E-state index contributed by atoms with van der Waals surface area (Å²) in [6, 6.07) is 2.97. The van der Waals surface area contributed by atoms with Gasteiger partial charge in [0.05, 0.1) is 42.1 Å². The van der Waals surface area contributed by atoms with Gasteiger partial charge in [-0.2, -0.15) is 5.10 Å². The van der Waals surface area contributed by atoms with Crippen molar-refractivity contribution in [3.63, 3.8) is 0 Å². The zero-order valence-corrected chi connectivity index (χ0v) is 15.5. The van der Waals surface area contributed by atoms with Gasteiger partial charge in [0.25, 0.3) is 12.3 Å². The number of anilines is 1. The highest BCUT2D eigenvalue weighted by Gasteiger charge is 2.38. The van der Waals surface area contributed by atoms with E-state index in [2.05, 4.69) is 20.1 Å². The predicted octanol–water partition coefficient (Wildman–Crippen LogP) is 3.49. The highest BCUT2D eigenvalue weighted by Crippen LogP contribution is 2.30. The van der Waals surface area contributed by atoms with E-state index in [-0.39, 0.29) is 37.0 Å². The number of hydrogen-bond donors (Lipinski definition) is 1. The maximum absolute atomic E-state index is 13.3. The number of halogens is 5. The molecule has 0 aliphatic carbocycles. The van der Waals surface area contributed by atoms with Crippen LogP contribution in [0.4, 0.5) is 33.3 Å². The van der Waals surface area contributed by atoms with Crippen molar-refractivity contribution in [1.82, 2.24) is 9.97 Å². The van der Waals surface area contributed by atoms with Gasteiger partial charge >= 0.3 is 6.01 Å². The molecule has 160 valence electrons. The molecule has 1 aromatic heterocycles. The topological polar surface area (TPSA) is 89.0 Å². The zero-order chi connectivity index (χ0) is 21.7. The number of aliphatic imine (C=N–C) groups is 1. The van der Waals surface area contributed by atoms with Crippen molar-refractivity contribution in [2.24, 2.45) is 15.9 Å². The lowest BCUT2D eigenvalue weighted by molar-refractivity contribution is 0.0257. The van der Waals surface area contributed by atoms with Crippen LogP contribution in [0.2, 0.25) is 0 Å². The molecule has 1 aromatic carbocycles. The molecule has 2 aromatic rings. The largest absolute Gasteiger partial charge is 0.457 e. The van der Waals surface area contributed by atoms with Crippen LogP contribution in [0.25, 0.3) is 0 Å². The van der Waals surface area contributed by atoms with Gasteiger partial charge in [0.15, 0.2) is 0 Å². The lowest BCUT2D eigenvalue weighted by Crippen LogP contribution is -2.25. The molecule has 1 saturated heterocycles. The zero-order valence-electron chi connectivity index (χ0n) is 15.5. The lowest BCUT2D eigenvalue weighted by Gasteiger charge is -2.17. The van der Waals surface area contributed by atoms with E-state index < -0.39 is 30.3 Å². The minimum absolute atomic E-state index is 0.0407. The first-order valence-corrected chi connectivity index (χ1v) is 8.73. The molecule has 0 bridgehead atoms. The van der Waals surface area contributed by atoms with Gasteiger partial charge in [0.1, 0.15) is 18.1 Å². The molecule has 0 amide bonds. The first-order valence-electron chi connectivity index (χ1n) is 8.73. The Bertz CT molecular complexity index is 935. The average Bonchev–Trinajstić information content (AvgIpc) is 3.09. The van der Waals surface area contributed by atoms with E-state index in [4.69, 9.17) is 10.6 Å². The van der Waals surface area contributed by atoms with Crippen molar-refractivity contribution >= 4 is 23.3 Å². The first-order chi connectivity index (χ1) is 14.3. The number of hydrogen-bond acceptors (Lipinski definition) is 7. The van der Waals surface area contributed by atoms with Gasteiger partial charge in [-0.3, -0.25) is 4.99 Å². The summed E-state index contributed by atoms with van der Waals surface area (Å²) in [6.07, 6.45) is 0.693. The molecule has 2 heterocycles. The summed E-state index contributed by atoms with van der Waals surface area (Å²) in [4.78, 5) is 13.3. The van der Waals surface area contributed by atoms with Crippen LogP contribution < -0.4 is 15.5 Å². The minimum atomic E-state index is -2.97. The van der Waals surface area contributed by atoms with Crippen LogP contribution >= 0.6 is 0 Å². The molecule has 0 spiro atoms. The number of aromatic nitrogens is 2. The number of hydrazone groups is 1. The molecule has 0 atom stereocenters. The van der Waals surface area contributed by atoms with Crippen LogP contribution in [0.3, 0.4) is 0 Å². The van der Waals surface area contributed by atoms with E-state index in [1.807, 2.05) is 0 Å². The third kappa shape index (κ3) is 5.39. The Morgan fingerprint density at radius 1 is 1.30 bits per heavy atom. The van der Waals surface area contributed by atoms with E-state index >= 15 is 0 Å². The van der Waals surface area contributed by atoms with Crippen LogP contribution in [0.15, 0.2) is 40.7 Å². The van der Waals surface area contributed by atoms with Crippen molar-refractivity contribution in [2.45, 2.75) is 18.8 Å². The molecule has 1 fully saturated rings. The molecule has 3 rings (SSSR count). The number of nitrogens with zero attached hydrogens (tertiary/aromatic N) is 5. The van der Waals surface area contributed by atoms with E-state index in [0.29, 0.717) is 5.69 Å². The second-order valence-corrected chi connectivity index (χ2v) is 6.43. The Morgan fingerprint density at radius 2 is 2.03 bits per heavy atom. The summed E-state index contributed by atoms with van der Waals surface area (Å²) in [7, 11) is 0. The molecule has 2 N–H and O–H groups in total. The maximum atomic E-state index is 13.3. The van der Waals surface area contributed by atoms with Gasteiger partial charge < -0.3 is 15.5 Å². The van der Waals surface area contributed by atoms with Crippen LogP contribution in [-0.2, 0) is 0 Å². The molecule has 0 saturated carbocycles. The minimum Gasteiger partial charge on any atom is -0.457 e. The van der Waals surface area contributed by atoms with Gasteiger partial charge in [-0.15, -0.1) is 0 Å². The second-order valence-electron chi connectivity index (χ2n) is 6.43. The van der Waals surface area contributed by atoms with E-state index in [1.165, 1.54) is 29.6 Å². The Balaban J connectivity index is 1.58. The van der Waals surface area contributed by atoms with E-state index in [9.17, 15) is 22.0 Å². The number of alkyl halides is 4. The van der Waals surface area contributed by atoms with Crippen molar-refractivity contribution in [1.29, 1.82) is 0 Å². The smallest absolute Gasteiger partial charge is 0.316 e. The lowest BCUT2D eigenvalue weighted by atomic mass is 10.2. The summed E-state index contributed by atoms with van der Waals surface area (Å²) in [5, 5.41) is 3.46. The summed E-state index contributed by atoms with van der Waals surface area (Å²) in [6.45, 7) is -0.384. The van der Waals surface area contributed by atoms with Gasteiger partial charge in [-0.05, 0) is 18.2 Å². The standard InChI is InChI=1S/C18H17F5N6O/c19-15-2-1-11(5-14(15)16(20)21)25-6-12(28-24)9-30-17-26-7-13(8-27-17)29-4-3-18(22,23)10-29/h1-2,5-8,16H,3-4,9-10,24H2. The summed E-state index contributed by atoms with van der Waals surface area (Å²) in [5.74, 6) is 1.49. The molecular formula is C18H17F5N6O. The molecule has 1 aliphatic rings. The highest BCUT2D eigenvalue weighted by atomic mass is 19.3. The van der Waals surface area contributed by atoms with Crippen molar-refractivity contribution in [3.8, 4) is 6.01 Å². The monoisotopic (exact) mass is 428 g/mol. The quantitative estimate of drug-likeness (QED) is 0.316. The van der Waals surface area contributed by atoms with Gasteiger partial charge in [0.2, 0.25) is 0 Å². The Kier molecular flexibility index (Phi) is 6.43. The number of nitrogens with two attached hydrogens (primary N) is 1. The number of rotatable bonds is 7. The van der Waals surface area contributed by atoms with Crippen LogP contribution in [0.5, 0.6) is 6.01 Å². The van der Waals surface area contributed by atoms with Crippen LogP contribution in [-0.4, -0.2) is 47.5 Å². The van der Waals surface area contributed by atoms with Crippen LogP contribution in [0.1, 0.15) is 18.4 Å². The average molecular weight is 428 g/mol. The Morgan fingerprint density at radius 3 is 2.63 bits per heavy atom. The van der Waals surface area contributed by atoms with Gasteiger partial charge in [-0.25, -0.2) is 31.9 Å². The number of ether oxygens (including phenoxy) is 1. The summed E-state index contributed by atoms with van der Waals surface area (Å²) >= 11 is 0. The summed E-state index contributed by atoms with van der Waals surface area (Å²) in [5.41, 5.74) is -0.114. The van der Waals surface area contributed by atoms with Crippen molar-refractivity contribution < 1.29 is 26.7 Å². The molecule has 7 nitrogen and oxygen atoms in total. The molecule has 0 radical (unpaired) electrons. The second kappa shape index (κ2) is 9.01. The Labute approximate surface area is 168 Å². The van der Waals surface area contributed by atoms with Gasteiger partial charge in [-0.1, -0.05) is 0 Å². The molecule has 30 heavy (non-hydrogen) atoms. The Hall–Kier alpha value is -3.31. The molecular weight excluding hydrogens is 411 g/mol. The maximum Gasteiger partial charge on any atom is 0.316 e. The fourth-order valence-electron chi connectivity index (χ4n) is 2.68. The third-order valence-electron chi connectivity index (χ3n) is 4.24. The molecule has 0 unspecified atom stereocenters. The molecule has 12 heteroatoms. The highest BCUT2D eigenvalue weighted by molar-refractivity contribution is 6.31. The fraction of sp³-hybridized carbons (Fsp3) is 0.333. The predicted molar refractivity (Wildman–Crippen MR) is 100 cm³/mol. The van der Waals surface area contributed by atoms with Crippen molar-refractivity contribution in [3.05, 3.63) is 42.0 Å². The van der Waals surface area contributed by atoms with Gasteiger partial charge in [0, 0.05) is 13.0 Å². The first kappa shape index (κ1) is 21.4. The number of benzene rings is 1. The summed E-state index contributed by atoms with van der Waals surface area (Å²) < 4.78 is 70.7. The van der Waals surface area contributed by atoms with E-state index in [1.54, 1.807) is 0 Å². The normalized spacial score (nSPS) is 16.6. The fourth-order valence-corrected chi connectivity index (χ4v) is 2.68. The van der Waals surface area contributed by atoms with Crippen LogP contribution in [0, 0.1) is 5.82 Å². The third-order valence-corrected chi connectivity index (χ3v) is 4.24. The molecule has 1 aliphatic heterocycles. The van der Waals surface area contributed by atoms with E-state index in [0.717, 1.165) is 12.1 Å². The van der Waals surface area contributed by atoms with Crippen molar-refractivity contribution in [2.75, 3.05) is 24.6 Å². The SMILES string of the molecule is NN=C(C=Nc1ccc(F)c(C(F)F)c1)COc1ncc(N2CCC(F)(F)C2)cn1.